The van der Waals surface area contributed by atoms with Crippen molar-refractivity contribution in [3.8, 4) is 0 Å². The Balaban J connectivity index is 0.000000235. The number of nitrogens with zero attached hydrogens (tertiary/aromatic N) is 5. The molecule has 1 N–H and O–H groups in total. The van der Waals surface area contributed by atoms with Gasteiger partial charge in [0.2, 0.25) is 0 Å². The Morgan fingerprint density at radius 3 is 1.19 bits per heavy atom. The number of hydrogen-bond acceptors (Lipinski definition) is 14. The highest BCUT2D eigenvalue weighted by Crippen LogP contribution is 2.39. The average molecular weight is 1190 g/mol. The van der Waals surface area contributed by atoms with Crippen LogP contribution in [0.4, 0.5) is 36.2 Å². The molecule has 8 aromatic rings. The fourth-order valence-electron chi connectivity index (χ4n) is 8.11. The van der Waals surface area contributed by atoms with Gasteiger partial charge in [-0.25, -0.2) is 52.2 Å². The van der Waals surface area contributed by atoms with Gasteiger partial charge >= 0.3 is 18.1 Å². The summed E-state index contributed by atoms with van der Waals surface area (Å²) in [4.78, 5) is 33.1. The lowest BCUT2D eigenvalue weighted by Crippen LogP contribution is -2.40. The maximum absolute atomic E-state index is 13.8. The van der Waals surface area contributed by atoms with Crippen LogP contribution in [0.3, 0.4) is 0 Å². The lowest BCUT2D eigenvalue weighted by atomic mass is 10.1. The summed E-state index contributed by atoms with van der Waals surface area (Å²) >= 11 is 0. The van der Waals surface area contributed by atoms with Crippen molar-refractivity contribution >= 4 is 96.6 Å². The number of alkyl halides is 3. The third-order valence-corrected chi connectivity index (χ3v) is 18.8. The molecule has 426 valence electrons. The smallest absolute Gasteiger partial charge is 0.407 e. The van der Waals surface area contributed by atoms with E-state index in [-0.39, 0.29) is 65.2 Å². The number of carbonyl (C=O) groups is 2. The van der Waals surface area contributed by atoms with Crippen LogP contribution in [0.5, 0.6) is 0 Å². The molecule has 0 saturated carbocycles. The third-order valence-electron chi connectivity index (χ3n) is 12.1. The largest absolute Gasteiger partial charge is 0.465 e. The Morgan fingerprint density at radius 2 is 0.802 bits per heavy atom. The Kier molecular flexibility index (Phi) is 18.5. The molecule has 0 atom stereocenters. The molecule has 0 saturated heterocycles. The van der Waals surface area contributed by atoms with Crippen LogP contribution in [-0.2, 0) is 59.2 Å². The number of anilines is 4. The van der Waals surface area contributed by atoms with Crippen molar-refractivity contribution in [1.29, 1.82) is 0 Å². The van der Waals surface area contributed by atoms with E-state index in [0.717, 1.165) is 27.2 Å². The van der Waals surface area contributed by atoms with Crippen LogP contribution in [0, 0.1) is 27.7 Å². The van der Waals surface area contributed by atoms with E-state index in [4.69, 9.17) is 9.47 Å². The molecule has 2 heterocycles. The molecule has 0 bridgehead atoms. The Bertz CT molecular complexity index is 4060. The molecule has 0 aliphatic rings. The fraction of sp³-hybridized carbons (Fsp3) is 0.214. The van der Waals surface area contributed by atoms with Gasteiger partial charge in [0.25, 0.3) is 40.1 Å². The number of benzene rings is 6. The summed E-state index contributed by atoms with van der Waals surface area (Å²) in [5.41, 5.74) is 3.00. The van der Waals surface area contributed by atoms with Gasteiger partial charge in [0.05, 0.1) is 56.6 Å². The second kappa shape index (κ2) is 24.7. The molecule has 0 spiro atoms. The number of fused-ring (bicyclic) bond motifs is 2. The van der Waals surface area contributed by atoms with Gasteiger partial charge in [0.15, 0.2) is 11.6 Å². The number of carbonyl (C=O) groups excluding carboxylic acids is 2. The minimum atomic E-state index is -4.94. The summed E-state index contributed by atoms with van der Waals surface area (Å²) in [6.45, 7) is 7.07. The molecule has 0 amide bonds. The molecule has 8 rings (SSSR count). The number of ether oxygens (including phenoxy) is 2. The van der Waals surface area contributed by atoms with Crippen molar-refractivity contribution in [3.63, 3.8) is 0 Å². The van der Waals surface area contributed by atoms with Crippen molar-refractivity contribution in [2.24, 2.45) is 0 Å². The van der Waals surface area contributed by atoms with Crippen molar-refractivity contribution < 1.29 is 65.9 Å². The predicted molar refractivity (Wildman–Crippen MR) is 302 cm³/mol. The zero-order valence-electron chi connectivity index (χ0n) is 44.4. The minimum Gasteiger partial charge on any atom is -0.465 e. The highest BCUT2D eigenvalue weighted by Gasteiger charge is 2.39. The maximum atomic E-state index is 13.8. The molecular formula is C56H55F3N6O12S4. The van der Waals surface area contributed by atoms with E-state index in [1.807, 2.05) is 13.8 Å². The number of pyridine rings is 2. The van der Waals surface area contributed by atoms with Crippen LogP contribution in [0.15, 0.2) is 178 Å². The fourth-order valence-corrected chi connectivity index (χ4v) is 13.4. The number of halogens is 3. The number of esters is 2. The zero-order chi connectivity index (χ0) is 59.1. The number of nitrogens with one attached hydrogen (secondary N) is 1. The van der Waals surface area contributed by atoms with Crippen LogP contribution in [0.25, 0.3) is 21.5 Å². The first kappa shape index (κ1) is 60.5. The number of aryl methyl sites for hydroxylation is 4. The lowest BCUT2D eigenvalue weighted by Gasteiger charge is -2.28. The van der Waals surface area contributed by atoms with E-state index < -0.39 is 83.5 Å². The van der Waals surface area contributed by atoms with Crippen molar-refractivity contribution in [2.45, 2.75) is 67.3 Å². The summed E-state index contributed by atoms with van der Waals surface area (Å²) < 4.78 is 164. The van der Waals surface area contributed by atoms with E-state index in [0.29, 0.717) is 20.6 Å². The van der Waals surface area contributed by atoms with E-state index in [9.17, 15) is 56.4 Å². The minimum absolute atomic E-state index is 0.00809. The summed E-state index contributed by atoms with van der Waals surface area (Å²) in [6, 6.07) is 36.1. The molecule has 6 aromatic carbocycles. The van der Waals surface area contributed by atoms with Gasteiger partial charge in [-0.1, -0.05) is 119 Å². The van der Waals surface area contributed by atoms with Crippen molar-refractivity contribution in [1.82, 2.24) is 9.97 Å². The van der Waals surface area contributed by atoms with E-state index in [2.05, 4.69) is 14.7 Å². The van der Waals surface area contributed by atoms with Crippen LogP contribution in [-0.4, -0.2) is 94.6 Å². The van der Waals surface area contributed by atoms with Gasteiger partial charge in [-0.05, 0) is 90.1 Å². The maximum Gasteiger partial charge on any atom is 0.407 e. The van der Waals surface area contributed by atoms with Crippen LogP contribution < -0.4 is 17.6 Å². The molecule has 25 heteroatoms. The first-order valence-electron chi connectivity index (χ1n) is 24.7. The Labute approximate surface area is 468 Å². The monoisotopic (exact) mass is 1190 g/mol. The topological polar surface area (TPSA) is 237 Å². The molecule has 18 nitrogen and oxygen atoms in total. The normalized spacial score (nSPS) is 12.0. The van der Waals surface area contributed by atoms with Gasteiger partial charge in [-0.2, -0.15) is 13.2 Å². The summed E-state index contributed by atoms with van der Waals surface area (Å²) in [6.07, 6.45) is -2.84. The van der Waals surface area contributed by atoms with Gasteiger partial charge in [-0.3, -0.25) is 18.6 Å². The molecule has 0 aliphatic carbocycles. The van der Waals surface area contributed by atoms with Crippen LogP contribution in [0.1, 0.15) is 36.1 Å². The Hall–Kier alpha value is -8.13. The van der Waals surface area contributed by atoms with E-state index in [1.54, 1.807) is 88.4 Å². The van der Waals surface area contributed by atoms with Gasteiger partial charge in [0.1, 0.15) is 19.6 Å². The number of aromatic nitrogens is 2. The summed E-state index contributed by atoms with van der Waals surface area (Å²) in [5, 5.41) is 0.685. The molecule has 81 heavy (non-hydrogen) atoms. The number of sulfonamides is 4. The predicted octanol–water partition coefficient (Wildman–Crippen LogP) is 9.78. The molecular weight excluding hydrogens is 1130 g/mol. The summed E-state index contributed by atoms with van der Waals surface area (Å²) in [7, 11) is -17.4. The average Bonchev–Trinajstić information content (AvgIpc) is 3.47. The van der Waals surface area contributed by atoms with Crippen molar-refractivity contribution in [2.75, 3.05) is 50.5 Å². The van der Waals surface area contributed by atoms with Crippen LogP contribution >= 0.6 is 0 Å². The lowest BCUT2D eigenvalue weighted by molar-refractivity contribution is -0.142. The van der Waals surface area contributed by atoms with Crippen LogP contribution in [0.2, 0.25) is 0 Å². The molecule has 0 radical (unpaired) electrons. The first-order valence-corrected chi connectivity index (χ1v) is 30.5. The first-order chi connectivity index (χ1) is 38.2. The molecule has 0 unspecified atom stereocenters. The number of hydrogen-bond donors (Lipinski definition) is 1. The Morgan fingerprint density at radius 1 is 0.469 bits per heavy atom. The van der Waals surface area contributed by atoms with E-state index in [1.165, 1.54) is 91.1 Å². The molecule has 0 fully saturated rings. The van der Waals surface area contributed by atoms with Gasteiger partial charge in [-0.15, -0.1) is 0 Å². The van der Waals surface area contributed by atoms with Gasteiger partial charge in [0, 0.05) is 21.5 Å². The highest BCUT2D eigenvalue weighted by atomic mass is 32.2. The molecule has 0 aliphatic heterocycles. The molecule has 2 aromatic heterocycles. The van der Waals surface area contributed by atoms with E-state index >= 15 is 0 Å². The second-order valence-electron chi connectivity index (χ2n) is 18.2. The second-order valence-corrected chi connectivity index (χ2v) is 25.4. The summed E-state index contributed by atoms with van der Waals surface area (Å²) in [5.74, 6) is -1.98. The third kappa shape index (κ3) is 14.1. The number of rotatable bonds is 19. The SMILES string of the molecule is CCOC(=O)CN(c1ncc(N(CC(F)(F)F)S(=O)(=O)c2ccc(C)cc2)c2ccccc12)S(=O)(=O)c1ccc(C)cc1.CCOC(=O)CN(c1ncc(NS(=O)(=O)c2ccc(C)cc2)c2ccccc12)S(=O)(=O)c1ccc(C)cc1. The van der Waals surface area contributed by atoms with Gasteiger partial charge < -0.3 is 9.47 Å². The standard InChI is InChI=1S/C29H28F3N3O6S2.C27H27N3O6S2/c1-4-41-27(36)18-34(42(37,38)22-13-9-20(2)10-14-22)28-25-8-6-5-7-24(25)26(17-33-28)35(19-29(30,31)32)43(39,40)23-15-11-21(3)12-16-23;1-4-36-26(31)18-30(38(34,35)22-15-11-20(3)12-16-22)27-24-8-6-5-7-23(24)25(17-28-27)29-37(32,33)21-13-9-19(2)10-14-21/h5-17H,4,18-19H2,1-3H3;5-17,29H,4,18H2,1-3H3. The highest BCUT2D eigenvalue weighted by molar-refractivity contribution is 7.93. The quantitative estimate of drug-likeness (QED) is 0.0742. The van der Waals surface area contributed by atoms with Crippen molar-refractivity contribution in [3.05, 3.63) is 180 Å². The zero-order valence-corrected chi connectivity index (χ0v) is 47.7.